The first kappa shape index (κ1) is 21.1. The first-order valence-corrected chi connectivity index (χ1v) is 10.3. The van der Waals surface area contributed by atoms with E-state index in [0.717, 1.165) is 30.0 Å². The molecular weight excluding hydrogens is 384 g/mol. The summed E-state index contributed by atoms with van der Waals surface area (Å²) in [5.41, 5.74) is 1.87. The Morgan fingerprint density at radius 1 is 1.03 bits per heavy atom. The van der Waals surface area contributed by atoms with Crippen LogP contribution in [0.25, 0.3) is 0 Å². The maximum Gasteiger partial charge on any atom is 0.143 e. The average Bonchev–Trinajstić information content (AvgIpc) is 2.73. The molecule has 0 aromatic heterocycles. The number of halogens is 2. The van der Waals surface area contributed by atoms with Crippen molar-refractivity contribution >= 4 is 23.1 Å². The second kappa shape index (κ2) is 10.3. The van der Waals surface area contributed by atoms with E-state index in [0.29, 0.717) is 5.92 Å². The first-order valence-electron chi connectivity index (χ1n) is 9.90. The lowest BCUT2D eigenvalue weighted by atomic mass is 9.77. The molecule has 1 nitrogen and oxygen atoms in total. The van der Waals surface area contributed by atoms with Gasteiger partial charge in [-0.3, -0.25) is 0 Å². The van der Waals surface area contributed by atoms with Crippen LogP contribution in [0.3, 0.4) is 0 Å². The van der Waals surface area contributed by atoms with Gasteiger partial charge in [0.25, 0.3) is 0 Å². The SMILES string of the molecule is C=CCCC1CCC(c2ccc(C#Cc3c(F)cc(N=C=S)cc3F)cc2)CC1. The van der Waals surface area contributed by atoms with Crippen molar-refractivity contribution in [1.82, 2.24) is 0 Å². The fourth-order valence-electron chi connectivity index (χ4n) is 3.91. The largest absolute Gasteiger partial charge is 0.205 e. The van der Waals surface area contributed by atoms with E-state index in [-0.39, 0.29) is 11.3 Å². The fourth-order valence-corrected chi connectivity index (χ4v) is 4.01. The molecule has 0 bridgehead atoms. The van der Waals surface area contributed by atoms with Gasteiger partial charge in [0.2, 0.25) is 0 Å². The van der Waals surface area contributed by atoms with Crippen LogP contribution >= 0.6 is 12.2 Å². The second-order valence-corrected chi connectivity index (χ2v) is 7.63. The van der Waals surface area contributed by atoms with Gasteiger partial charge in [0, 0.05) is 17.7 Å². The zero-order valence-electron chi connectivity index (χ0n) is 16.3. The zero-order chi connectivity index (χ0) is 20.6. The van der Waals surface area contributed by atoms with Crippen LogP contribution in [-0.4, -0.2) is 5.16 Å². The number of thiocarbonyl (C=S) groups is 1. The molecule has 0 radical (unpaired) electrons. The molecule has 29 heavy (non-hydrogen) atoms. The summed E-state index contributed by atoms with van der Waals surface area (Å²) in [6, 6.07) is 10.2. The molecule has 0 unspecified atom stereocenters. The molecule has 0 saturated heterocycles. The lowest BCUT2D eigenvalue weighted by Gasteiger charge is -2.28. The highest BCUT2D eigenvalue weighted by Gasteiger charge is 2.21. The number of allylic oxidation sites excluding steroid dienone is 1. The van der Waals surface area contributed by atoms with Gasteiger partial charge in [-0.25, -0.2) is 8.78 Å². The Kier molecular flexibility index (Phi) is 7.47. The molecule has 0 aliphatic heterocycles. The van der Waals surface area contributed by atoms with Crippen LogP contribution in [0.4, 0.5) is 14.5 Å². The smallest absolute Gasteiger partial charge is 0.143 e. The number of aliphatic imine (C=N–C) groups is 1. The van der Waals surface area contributed by atoms with E-state index in [1.807, 2.05) is 18.2 Å². The molecule has 0 spiro atoms. The Morgan fingerprint density at radius 3 is 2.28 bits per heavy atom. The molecule has 1 aliphatic rings. The first-order chi connectivity index (χ1) is 14.1. The molecule has 1 aliphatic carbocycles. The number of isothiocyanates is 1. The van der Waals surface area contributed by atoms with Gasteiger partial charge in [0.15, 0.2) is 0 Å². The Hall–Kier alpha value is -2.60. The third-order valence-corrected chi connectivity index (χ3v) is 5.63. The number of benzene rings is 2. The van der Waals surface area contributed by atoms with Crippen LogP contribution in [0.1, 0.15) is 61.1 Å². The number of hydrogen-bond acceptors (Lipinski definition) is 2. The molecule has 1 fully saturated rings. The van der Waals surface area contributed by atoms with E-state index in [4.69, 9.17) is 0 Å². The van der Waals surface area contributed by atoms with E-state index in [1.54, 1.807) is 0 Å². The Labute approximate surface area is 176 Å². The third kappa shape index (κ3) is 5.70. The molecule has 0 heterocycles. The maximum absolute atomic E-state index is 14.1. The van der Waals surface area contributed by atoms with Crippen LogP contribution in [-0.2, 0) is 0 Å². The van der Waals surface area contributed by atoms with Crippen molar-refractivity contribution < 1.29 is 8.78 Å². The van der Waals surface area contributed by atoms with Crippen molar-refractivity contribution in [3.05, 3.63) is 77.4 Å². The van der Waals surface area contributed by atoms with Crippen LogP contribution < -0.4 is 0 Å². The maximum atomic E-state index is 14.1. The van der Waals surface area contributed by atoms with Gasteiger partial charge in [-0.1, -0.05) is 30.0 Å². The van der Waals surface area contributed by atoms with E-state index in [9.17, 15) is 8.78 Å². The number of rotatable bonds is 5. The molecule has 2 aromatic carbocycles. The fraction of sp³-hybridized carbons (Fsp3) is 0.320. The van der Waals surface area contributed by atoms with Crippen molar-refractivity contribution in [2.75, 3.05) is 0 Å². The molecule has 1 saturated carbocycles. The summed E-state index contributed by atoms with van der Waals surface area (Å²) in [5.74, 6) is 5.33. The molecular formula is C25H23F2NS. The van der Waals surface area contributed by atoms with Crippen LogP contribution in [0, 0.1) is 29.4 Å². The zero-order valence-corrected chi connectivity index (χ0v) is 17.1. The van der Waals surface area contributed by atoms with Crippen molar-refractivity contribution in [2.45, 2.75) is 44.4 Å². The molecule has 4 heteroatoms. The summed E-state index contributed by atoms with van der Waals surface area (Å²) in [6.45, 7) is 3.81. The van der Waals surface area contributed by atoms with Crippen LogP contribution in [0.5, 0.6) is 0 Å². The van der Waals surface area contributed by atoms with Gasteiger partial charge in [0.05, 0.1) is 16.4 Å². The number of hydrogen-bond donors (Lipinski definition) is 0. The van der Waals surface area contributed by atoms with Crippen molar-refractivity contribution in [3.8, 4) is 11.8 Å². The normalized spacial score (nSPS) is 18.3. The summed E-state index contributed by atoms with van der Waals surface area (Å²) in [6.07, 6.45) is 9.30. The molecule has 0 atom stereocenters. The quantitative estimate of drug-likeness (QED) is 0.219. The molecule has 0 N–H and O–H groups in total. The average molecular weight is 408 g/mol. The highest BCUT2D eigenvalue weighted by molar-refractivity contribution is 7.78. The highest BCUT2D eigenvalue weighted by Crippen LogP contribution is 2.37. The van der Waals surface area contributed by atoms with Gasteiger partial charge < -0.3 is 0 Å². The van der Waals surface area contributed by atoms with Crippen LogP contribution in [0.15, 0.2) is 54.0 Å². The lowest BCUT2D eigenvalue weighted by molar-refractivity contribution is 0.312. The summed E-state index contributed by atoms with van der Waals surface area (Å²) in [7, 11) is 0. The predicted octanol–water partition coefficient (Wildman–Crippen LogP) is 7.34. The number of nitrogens with zero attached hydrogens (tertiary/aromatic N) is 1. The van der Waals surface area contributed by atoms with Crippen molar-refractivity contribution in [1.29, 1.82) is 0 Å². The van der Waals surface area contributed by atoms with E-state index in [1.165, 1.54) is 37.7 Å². The molecule has 0 amide bonds. The summed E-state index contributed by atoms with van der Waals surface area (Å²) < 4.78 is 28.2. The van der Waals surface area contributed by atoms with E-state index >= 15 is 0 Å². The lowest BCUT2D eigenvalue weighted by Crippen LogP contribution is -2.13. The minimum Gasteiger partial charge on any atom is -0.205 e. The summed E-state index contributed by atoms with van der Waals surface area (Å²) >= 11 is 4.46. The Bertz CT molecular complexity index is 947. The Balaban J connectivity index is 1.67. The summed E-state index contributed by atoms with van der Waals surface area (Å²) in [5, 5.41) is 2.09. The molecule has 3 rings (SSSR count). The van der Waals surface area contributed by atoms with Gasteiger partial charge in [-0.05, 0) is 80.3 Å². The van der Waals surface area contributed by atoms with Gasteiger partial charge in [-0.15, -0.1) is 6.58 Å². The van der Waals surface area contributed by atoms with Gasteiger partial charge in [-0.2, -0.15) is 4.99 Å². The highest BCUT2D eigenvalue weighted by atomic mass is 32.1. The van der Waals surface area contributed by atoms with Crippen molar-refractivity contribution in [2.24, 2.45) is 10.9 Å². The minimum absolute atomic E-state index is 0.0871. The standard InChI is InChI=1S/C25H23F2NS/c1-2-3-4-18-5-10-20(11-6-18)21-12-7-19(8-13-21)9-14-23-24(26)15-22(28-17-29)16-25(23)27/h2,7-8,12-13,15-16,18,20H,1,3-6,10-11H2. The van der Waals surface area contributed by atoms with E-state index < -0.39 is 11.6 Å². The summed E-state index contributed by atoms with van der Waals surface area (Å²) in [4.78, 5) is 3.59. The van der Waals surface area contributed by atoms with E-state index in [2.05, 4.69) is 52.9 Å². The van der Waals surface area contributed by atoms with Crippen LogP contribution in [0.2, 0.25) is 0 Å². The van der Waals surface area contributed by atoms with Crippen molar-refractivity contribution in [3.63, 3.8) is 0 Å². The third-order valence-electron chi connectivity index (χ3n) is 5.54. The molecule has 2 aromatic rings. The topological polar surface area (TPSA) is 12.4 Å². The molecule has 148 valence electrons. The van der Waals surface area contributed by atoms with Gasteiger partial charge in [0.1, 0.15) is 11.6 Å². The minimum atomic E-state index is -0.758. The second-order valence-electron chi connectivity index (χ2n) is 7.44. The predicted molar refractivity (Wildman–Crippen MR) is 118 cm³/mol. The monoisotopic (exact) mass is 407 g/mol. The van der Waals surface area contributed by atoms with Gasteiger partial charge >= 0.3 is 0 Å². The Morgan fingerprint density at radius 2 is 1.69 bits per heavy atom.